The molecule has 2 unspecified atom stereocenters. The summed E-state index contributed by atoms with van der Waals surface area (Å²) in [5.74, 6) is -0.336. The van der Waals surface area contributed by atoms with E-state index in [2.05, 4.69) is 5.32 Å². The second-order valence-corrected chi connectivity index (χ2v) is 6.02. The summed E-state index contributed by atoms with van der Waals surface area (Å²) in [6.45, 7) is 0.588. The molecule has 2 aromatic carbocycles. The molecule has 24 heavy (non-hydrogen) atoms. The molecule has 1 saturated heterocycles. The van der Waals surface area contributed by atoms with Gasteiger partial charge >= 0.3 is 6.03 Å². The Hall–Kier alpha value is -2.40. The van der Waals surface area contributed by atoms with E-state index in [0.29, 0.717) is 12.1 Å². The van der Waals surface area contributed by atoms with E-state index in [4.69, 9.17) is 0 Å². The first kappa shape index (κ1) is 16.5. The minimum absolute atomic E-state index is 0.0383. The van der Waals surface area contributed by atoms with Crippen LogP contribution in [-0.2, 0) is 0 Å². The Morgan fingerprint density at radius 1 is 1.21 bits per heavy atom. The van der Waals surface area contributed by atoms with Crippen molar-refractivity contribution in [3.8, 4) is 0 Å². The summed E-state index contributed by atoms with van der Waals surface area (Å²) < 4.78 is 13.6. The number of carbonyl (C=O) groups excluding carboxylic acids is 1. The van der Waals surface area contributed by atoms with Crippen LogP contribution in [0.2, 0.25) is 0 Å². The number of aliphatic hydroxyl groups excluding tert-OH is 1. The summed E-state index contributed by atoms with van der Waals surface area (Å²) in [5.41, 5.74) is 1.57. The minimum Gasteiger partial charge on any atom is -0.394 e. The fraction of sp³-hybridized carbons (Fsp3) is 0.316. The zero-order valence-electron chi connectivity index (χ0n) is 13.4. The third-order valence-electron chi connectivity index (χ3n) is 4.43. The standard InChI is InChI=1S/C19H21FN2O2/c20-16-9-4-8-15(12-16)18(14-6-2-1-3-7-14)21-19(24)22-11-5-10-17(22)13-23/h1-4,6-9,12,17-18,23H,5,10-11,13H2,(H,21,24). The zero-order valence-corrected chi connectivity index (χ0v) is 13.4. The number of hydrogen-bond donors (Lipinski definition) is 2. The van der Waals surface area contributed by atoms with Crippen LogP contribution in [0.4, 0.5) is 9.18 Å². The third-order valence-corrected chi connectivity index (χ3v) is 4.43. The van der Waals surface area contributed by atoms with Crippen LogP contribution < -0.4 is 5.32 Å². The summed E-state index contributed by atoms with van der Waals surface area (Å²) >= 11 is 0. The molecule has 0 aliphatic carbocycles. The van der Waals surface area contributed by atoms with E-state index in [1.165, 1.54) is 12.1 Å². The lowest BCUT2D eigenvalue weighted by Gasteiger charge is -2.27. The van der Waals surface area contributed by atoms with Gasteiger partial charge in [0.2, 0.25) is 0 Å². The van der Waals surface area contributed by atoms with Gasteiger partial charge in [-0.1, -0.05) is 42.5 Å². The van der Waals surface area contributed by atoms with Gasteiger partial charge in [0.15, 0.2) is 0 Å². The maximum Gasteiger partial charge on any atom is 0.318 e. The number of aliphatic hydroxyl groups is 1. The number of nitrogens with one attached hydrogen (secondary N) is 1. The molecule has 126 valence electrons. The van der Waals surface area contributed by atoms with E-state index in [1.54, 1.807) is 17.0 Å². The number of rotatable bonds is 4. The molecule has 1 aliphatic rings. The maximum atomic E-state index is 13.6. The highest BCUT2D eigenvalue weighted by Gasteiger charge is 2.30. The minimum atomic E-state index is -0.436. The molecule has 2 aromatic rings. The topological polar surface area (TPSA) is 52.6 Å². The van der Waals surface area contributed by atoms with Crippen LogP contribution in [0, 0.1) is 5.82 Å². The van der Waals surface area contributed by atoms with Crippen LogP contribution in [0.3, 0.4) is 0 Å². The Morgan fingerprint density at radius 3 is 2.67 bits per heavy atom. The molecule has 0 radical (unpaired) electrons. The maximum absolute atomic E-state index is 13.6. The quantitative estimate of drug-likeness (QED) is 0.906. The van der Waals surface area contributed by atoms with Gasteiger partial charge in [0, 0.05) is 6.54 Å². The van der Waals surface area contributed by atoms with Crippen LogP contribution in [0.25, 0.3) is 0 Å². The smallest absolute Gasteiger partial charge is 0.318 e. The second-order valence-electron chi connectivity index (χ2n) is 6.02. The number of halogens is 1. The number of amides is 2. The van der Waals surface area contributed by atoms with E-state index in [1.807, 2.05) is 30.3 Å². The van der Waals surface area contributed by atoms with E-state index >= 15 is 0 Å². The number of carbonyl (C=O) groups is 1. The lowest BCUT2D eigenvalue weighted by atomic mass is 9.99. The predicted octanol–water partition coefficient (Wildman–Crippen LogP) is 3.08. The highest BCUT2D eigenvalue weighted by Crippen LogP contribution is 2.24. The van der Waals surface area contributed by atoms with Gasteiger partial charge in [-0.15, -0.1) is 0 Å². The molecule has 3 rings (SSSR count). The van der Waals surface area contributed by atoms with Gasteiger partial charge in [-0.3, -0.25) is 0 Å². The molecule has 1 heterocycles. The Morgan fingerprint density at radius 2 is 1.96 bits per heavy atom. The lowest BCUT2D eigenvalue weighted by Crippen LogP contribution is -2.45. The molecule has 0 saturated carbocycles. The molecule has 4 nitrogen and oxygen atoms in total. The van der Waals surface area contributed by atoms with E-state index in [0.717, 1.165) is 18.4 Å². The highest BCUT2D eigenvalue weighted by atomic mass is 19.1. The van der Waals surface area contributed by atoms with Crippen molar-refractivity contribution in [1.82, 2.24) is 10.2 Å². The molecule has 0 bridgehead atoms. The van der Waals surface area contributed by atoms with Gasteiger partial charge in [0.1, 0.15) is 5.82 Å². The average molecular weight is 328 g/mol. The van der Waals surface area contributed by atoms with Crippen LogP contribution >= 0.6 is 0 Å². The first-order chi connectivity index (χ1) is 11.7. The molecule has 1 fully saturated rings. The van der Waals surface area contributed by atoms with Gasteiger partial charge in [-0.2, -0.15) is 0 Å². The molecule has 0 aromatic heterocycles. The van der Waals surface area contributed by atoms with Crippen molar-refractivity contribution in [2.24, 2.45) is 0 Å². The third kappa shape index (κ3) is 3.57. The summed E-state index contributed by atoms with van der Waals surface area (Å²) in [6, 6.07) is 14.9. The Kier molecular flexibility index (Phi) is 5.11. The average Bonchev–Trinajstić information content (AvgIpc) is 3.09. The van der Waals surface area contributed by atoms with Gasteiger partial charge in [-0.05, 0) is 36.1 Å². The van der Waals surface area contributed by atoms with E-state index in [-0.39, 0.29) is 24.5 Å². The number of benzene rings is 2. The van der Waals surface area contributed by atoms with Crippen molar-refractivity contribution in [3.05, 3.63) is 71.5 Å². The SMILES string of the molecule is O=C(NC(c1ccccc1)c1cccc(F)c1)N1CCCC1CO. The summed E-state index contributed by atoms with van der Waals surface area (Å²) in [6.07, 6.45) is 1.69. The van der Waals surface area contributed by atoms with Crippen molar-refractivity contribution >= 4 is 6.03 Å². The number of hydrogen-bond acceptors (Lipinski definition) is 2. The van der Waals surface area contributed by atoms with Crippen molar-refractivity contribution in [1.29, 1.82) is 0 Å². The van der Waals surface area contributed by atoms with Gasteiger partial charge in [0.05, 0.1) is 18.7 Å². The number of likely N-dealkylation sites (tertiary alicyclic amines) is 1. The fourth-order valence-electron chi connectivity index (χ4n) is 3.19. The molecule has 2 amide bonds. The first-order valence-electron chi connectivity index (χ1n) is 8.17. The highest BCUT2D eigenvalue weighted by molar-refractivity contribution is 5.76. The van der Waals surface area contributed by atoms with Crippen LogP contribution in [0.15, 0.2) is 54.6 Å². The summed E-state index contributed by atoms with van der Waals surface area (Å²) in [7, 11) is 0. The zero-order chi connectivity index (χ0) is 16.9. The molecule has 0 spiro atoms. The van der Waals surface area contributed by atoms with Crippen molar-refractivity contribution < 1.29 is 14.3 Å². The van der Waals surface area contributed by atoms with Crippen molar-refractivity contribution in [2.75, 3.05) is 13.2 Å². The van der Waals surface area contributed by atoms with E-state index < -0.39 is 6.04 Å². The Labute approximate surface area is 140 Å². The van der Waals surface area contributed by atoms with E-state index in [9.17, 15) is 14.3 Å². The molecule has 2 atom stereocenters. The molecule has 5 heteroatoms. The predicted molar refractivity (Wildman–Crippen MR) is 90.0 cm³/mol. The lowest BCUT2D eigenvalue weighted by molar-refractivity contribution is 0.155. The van der Waals surface area contributed by atoms with Gasteiger partial charge in [-0.25, -0.2) is 9.18 Å². The second kappa shape index (κ2) is 7.45. The summed E-state index contributed by atoms with van der Waals surface area (Å²) in [5, 5.41) is 12.4. The van der Waals surface area contributed by atoms with Crippen LogP contribution in [0.5, 0.6) is 0 Å². The Balaban J connectivity index is 1.87. The monoisotopic (exact) mass is 328 g/mol. The van der Waals surface area contributed by atoms with Gasteiger partial charge < -0.3 is 15.3 Å². The largest absolute Gasteiger partial charge is 0.394 e. The van der Waals surface area contributed by atoms with Crippen LogP contribution in [0.1, 0.15) is 30.0 Å². The van der Waals surface area contributed by atoms with Crippen molar-refractivity contribution in [2.45, 2.75) is 24.9 Å². The number of nitrogens with zero attached hydrogens (tertiary/aromatic N) is 1. The summed E-state index contributed by atoms with van der Waals surface area (Å²) in [4.78, 5) is 14.3. The normalized spacial score (nSPS) is 18.4. The molecule has 1 aliphatic heterocycles. The van der Waals surface area contributed by atoms with Crippen molar-refractivity contribution in [3.63, 3.8) is 0 Å². The molecule has 2 N–H and O–H groups in total. The van der Waals surface area contributed by atoms with Gasteiger partial charge in [0.25, 0.3) is 0 Å². The Bertz CT molecular complexity index is 693. The number of urea groups is 1. The fourth-order valence-corrected chi connectivity index (χ4v) is 3.19. The van der Waals surface area contributed by atoms with Crippen LogP contribution in [-0.4, -0.2) is 35.2 Å². The molecular formula is C19H21FN2O2. The molecular weight excluding hydrogens is 307 g/mol. The first-order valence-corrected chi connectivity index (χ1v) is 8.17.